The van der Waals surface area contributed by atoms with Gasteiger partial charge >= 0.3 is 0 Å². The summed E-state index contributed by atoms with van der Waals surface area (Å²) in [6, 6.07) is 12.3. The number of hydrogen-bond donors (Lipinski definition) is 2. The van der Waals surface area contributed by atoms with E-state index in [4.69, 9.17) is 0 Å². The van der Waals surface area contributed by atoms with Crippen LogP contribution in [0.3, 0.4) is 0 Å². The molecular formula is C20H17FN4O. The van der Waals surface area contributed by atoms with Gasteiger partial charge in [-0.3, -0.25) is 4.79 Å². The summed E-state index contributed by atoms with van der Waals surface area (Å²) >= 11 is 0. The largest absolute Gasteiger partial charge is 0.359 e. The molecule has 6 heteroatoms. The van der Waals surface area contributed by atoms with Crippen molar-refractivity contribution < 1.29 is 9.18 Å². The van der Waals surface area contributed by atoms with Crippen LogP contribution in [0, 0.1) is 5.82 Å². The molecule has 0 saturated heterocycles. The van der Waals surface area contributed by atoms with Crippen molar-refractivity contribution in [3.63, 3.8) is 0 Å². The number of para-hydroxylation sites is 1. The fourth-order valence-electron chi connectivity index (χ4n) is 2.99. The summed E-state index contributed by atoms with van der Waals surface area (Å²) in [5.74, 6) is -0.399. The first-order valence-electron chi connectivity index (χ1n) is 8.33. The zero-order valence-corrected chi connectivity index (χ0v) is 13.9. The quantitative estimate of drug-likeness (QED) is 0.580. The maximum atomic E-state index is 13.7. The van der Waals surface area contributed by atoms with Gasteiger partial charge in [0.2, 0.25) is 0 Å². The third-order valence-electron chi connectivity index (χ3n) is 4.36. The van der Waals surface area contributed by atoms with Crippen molar-refractivity contribution in [3.05, 3.63) is 84.3 Å². The standard InChI is InChI=1S/C20H17FN4O/c21-18-3-1-2-17-15(12-24-19(17)18)8-9-23-20(26)14-4-6-16(7-5-14)25-11-10-22-13-25/h1-7,10-13,24H,8-9H2,(H,23,26). The molecule has 0 aliphatic heterocycles. The van der Waals surface area contributed by atoms with E-state index < -0.39 is 0 Å². The van der Waals surface area contributed by atoms with E-state index in [0.717, 1.165) is 16.6 Å². The fourth-order valence-corrected chi connectivity index (χ4v) is 2.99. The summed E-state index contributed by atoms with van der Waals surface area (Å²) in [6.07, 6.45) is 7.68. The maximum absolute atomic E-state index is 13.7. The lowest BCUT2D eigenvalue weighted by molar-refractivity contribution is 0.0954. The van der Waals surface area contributed by atoms with Crippen LogP contribution in [0.25, 0.3) is 16.6 Å². The Morgan fingerprint density at radius 1 is 1.19 bits per heavy atom. The Bertz CT molecular complexity index is 1040. The van der Waals surface area contributed by atoms with Crippen LogP contribution in [0.2, 0.25) is 0 Å². The number of benzene rings is 2. The lowest BCUT2D eigenvalue weighted by Crippen LogP contribution is -2.25. The minimum Gasteiger partial charge on any atom is -0.359 e. The smallest absolute Gasteiger partial charge is 0.251 e. The Hall–Kier alpha value is -3.41. The fraction of sp³-hybridized carbons (Fsp3) is 0.100. The number of aromatic amines is 1. The molecule has 2 N–H and O–H groups in total. The molecule has 0 saturated carbocycles. The van der Waals surface area contributed by atoms with Crippen LogP contribution in [-0.4, -0.2) is 27.0 Å². The van der Waals surface area contributed by atoms with Crippen LogP contribution in [-0.2, 0) is 6.42 Å². The molecule has 0 radical (unpaired) electrons. The van der Waals surface area contributed by atoms with E-state index in [1.807, 2.05) is 29.0 Å². The molecule has 0 spiro atoms. The molecule has 0 atom stereocenters. The van der Waals surface area contributed by atoms with Crippen molar-refractivity contribution in [2.75, 3.05) is 6.54 Å². The van der Waals surface area contributed by atoms with Crippen molar-refractivity contribution in [2.45, 2.75) is 6.42 Å². The Balaban J connectivity index is 1.38. The first-order chi connectivity index (χ1) is 12.7. The number of fused-ring (bicyclic) bond motifs is 1. The molecule has 0 aliphatic rings. The molecule has 0 fully saturated rings. The molecule has 5 nitrogen and oxygen atoms in total. The number of rotatable bonds is 5. The monoisotopic (exact) mass is 348 g/mol. The molecule has 26 heavy (non-hydrogen) atoms. The van der Waals surface area contributed by atoms with Gasteiger partial charge in [-0.15, -0.1) is 0 Å². The van der Waals surface area contributed by atoms with Gasteiger partial charge in [0.1, 0.15) is 5.82 Å². The lowest BCUT2D eigenvalue weighted by atomic mass is 10.1. The van der Waals surface area contributed by atoms with Gasteiger partial charge in [-0.05, 0) is 42.3 Å². The number of hydrogen-bond acceptors (Lipinski definition) is 2. The van der Waals surface area contributed by atoms with Crippen LogP contribution >= 0.6 is 0 Å². The average molecular weight is 348 g/mol. The third-order valence-corrected chi connectivity index (χ3v) is 4.36. The molecule has 2 aromatic carbocycles. The second-order valence-electron chi connectivity index (χ2n) is 6.00. The van der Waals surface area contributed by atoms with Gasteiger partial charge < -0.3 is 14.9 Å². The number of H-pyrrole nitrogens is 1. The number of amides is 1. The predicted octanol–water partition coefficient (Wildman–Crippen LogP) is 3.47. The van der Waals surface area contributed by atoms with E-state index in [-0.39, 0.29) is 11.7 Å². The van der Waals surface area contributed by atoms with Crippen LogP contribution < -0.4 is 5.32 Å². The zero-order chi connectivity index (χ0) is 17.9. The van der Waals surface area contributed by atoms with Crippen LogP contribution in [0.4, 0.5) is 4.39 Å². The van der Waals surface area contributed by atoms with Gasteiger partial charge in [-0.2, -0.15) is 0 Å². The first-order valence-corrected chi connectivity index (χ1v) is 8.33. The van der Waals surface area contributed by atoms with Crippen LogP contribution in [0.5, 0.6) is 0 Å². The summed E-state index contributed by atoms with van der Waals surface area (Å²) in [4.78, 5) is 19.2. The van der Waals surface area contributed by atoms with Crippen LogP contribution in [0.15, 0.2) is 67.4 Å². The number of carbonyl (C=O) groups is 1. The number of aromatic nitrogens is 3. The van der Waals surface area contributed by atoms with Gasteiger partial charge in [0, 0.05) is 41.8 Å². The second-order valence-corrected chi connectivity index (χ2v) is 6.00. The molecule has 1 amide bonds. The molecule has 2 heterocycles. The molecule has 4 rings (SSSR count). The Morgan fingerprint density at radius 3 is 2.81 bits per heavy atom. The predicted molar refractivity (Wildman–Crippen MR) is 97.9 cm³/mol. The number of carbonyl (C=O) groups excluding carboxylic acids is 1. The Labute approximate surface area is 149 Å². The molecular weight excluding hydrogens is 331 g/mol. The van der Waals surface area contributed by atoms with E-state index in [1.165, 1.54) is 6.07 Å². The summed E-state index contributed by atoms with van der Waals surface area (Å²) in [6.45, 7) is 0.478. The summed E-state index contributed by atoms with van der Waals surface area (Å²) in [7, 11) is 0. The van der Waals surface area contributed by atoms with Crippen LogP contribution in [0.1, 0.15) is 15.9 Å². The molecule has 130 valence electrons. The van der Waals surface area contributed by atoms with Gasteiger partial charge in [0.25, 0.3) is 5.91 Å². The van der Waals surface area contributed by atoms with Crippen molar-refractivity contribution in [3.8, 4) is 5.69 Å². The lowest BCUT2D eigenvalue weighted by Gasteiger charge is -2.07. The van der Waals surface area contributed by atoms with Gasteiger partial charge in [-0.25, -0.2) is 9.37 Å². The summed E-state index contributed by atoms with van der Waals surface area (Å²) < 4.78 is 15.6. The van der Waals surface area contributed by atoms with E-state index >= 15 is 0 Å². The Morgan fingerprint density at radius 2 is 2.04 bits per heavy atom. The Kier molecular flexibility index (Phi) is 4.23. The number of nitrogens with zero attached hydrogens (tertiary/aromatic N) is 2. The molecule has 0 bridgehead atoms. The summed E-state index contributed by atoms with van der Waals surface area (Å²) in [5.41, 5.74) is 3.03. The van der Waals surface area contributed by atoms with Crippen molar-refractivity contribution in [2.24, 2.45) is 0 Å². The van der Waals surface area contributed by atoms with E-state index in [1.54, 1.807) is 36.9 Å². The van der Waals surface area contributed by atoms with Gasteiger partial charge in [0.05, 0.1) is 11.8 Å². The highest BCUT2D eigenvalue weighted by Gasteiger charge is 2.09. The van der Waals surface area contributed by atoms with Crippen molar-refractivity contribution >= 4 is 16.8 Å². The topological polar surface area (TPSA) is 62.7 Å². The maximum Gasteiger partial charge on any atom is 0.251 e. The number of imidazole rings is 1. The van der Waals surface area contributed by atoms with Crippen molar-refractivity contribution in [1.29, 1.82) is 0 Å². The SMILES string of the molecule is O=C(NCCc1c[nH]c2c(F)cccc12)c1ccc(-n2ccnc2)cc1. The third kappa shape index (κ3) is 3.09. The highest BCUT2D eigenvalue weighted by molar-refractivity contribution is 5.94. The summed E-state index contributed by atoms with van der Waals surface area (Å²) in [5, 5.41) is 3.76. The second kappa shape index (κ2) is 6.84. The van der Waals surface area contributed by atoms with E-state index in [0.29, 0.717) is 24.0 Å². The number of nitrogens with one attached hydrogen (secondary N) is 2. The normalized spacial score (nSPS) is 11.0. The minimum absolute atomic E-state index is 0.131. The molecule has 0 aliphatic carbocycles. The molecule has 4 aromatic rings. The average Bonchev–Trinajstić information content (AvgIpc) is 3.33. The van der Waals surface area contributed by atoms with E-state index in [2.05, 4.69) is 15.3 Å². The zero-order valence-electron chi connectivity index (χ0n) is 13.9. The number of halogens is 1. The van der Waals surface area contributed by atoms with E-state index in [9.17, 15) is 9.18 Å². The molecule has 2 aromatic heterocycles. The highest BCUT2D eigenvalue weighted by Crippen LogP contribution is 2.20. The van der Waals surface area contributed by atoms with Gasteiger partial charge in [-0.1, -0.05) is 12.1 Å². The van der Waals surface area contributed by atoms with Gasteiger partial charge in [0.15, 0.2) is 0 Å². The minimum atomic E-state index is -0.268. The highest BCUT2D eigenvalue weighted by atomic mass is 19.1. The van der Waals surface area contributed by atoms with Crippen molar-refractivity contribution in [1.82, 2.24) is 19.9 Å². The first kappa shape index (κ1) is 16.1. The molecule has 0 unspecified atom stereocenters.